The number of ether oxygens (including phenoxy) is 1. The van der Waals surface area contributed by atoms with E-state index in [0.29, 0.717) is 11.4 Å². The first kappa shape index (κ1) is 16.3. The van der Waals surface area contributed by atoms with Crippen molar-refractivity contribution >= 4 is 27.7 Å². The van der Waals surface area contributed by atoms with Crippen molar-refractivity contribution in [1.29, 1.82) is 0 Å². The highest BCUT2D eigenvalue weighted by molar-refractivity contribution is 9.10. The molecule has 24 heavy (non-hydrogen) atoms. The largest absolute Gasteiger partial charge is 0.484 e. The Morgan fingerprint density at radius 2 is 2.00 bits per heavy atom. The summed E-state index contributed by atoms with van der Waals surface area (Å²) in [5.41, 5.74) is 2.62. The topological polar surface area (TPSA) is 64.4 Å². The van der Waals surface area contributed by atoms with Crippen LogP contribution >= 0.6 is 15.9 Å². The molecule has 6 heteroatoms. The molecule has 3 aromatic rings. The number of halogens is 1. The fraction of sp³-hybridized carbons (Fsp3) is 0.111. The number of aryl methyl sites for hydroxylation is 1. The molecule has 3 rings (SSSR count). The third-order valence-electron chi connectivity index (χ3n) is 3.27. The van der Waals surface area contributed by atoms with Crippen LogP contribution in [-0.4, -0.2) is 17.7 Å². The van der Waals surface area contributed by atoms with Crippen molar-refractivity contribution < 1.29 is 14.1 Å². The minimum Gasteiger partial charge on any atom is -0.484 e. The molecule has 0 saturated heterocycles. The van der Waals surface area contributed by atoms with Crippen LogP contribution in [0.15, 0.2) is 63.6 Å². The highest BCUT2D eigenvalue weighted by atomic mass is 79.9. The maximum atomic E-state index is 11.9. The summed E-state index contributed by atoms with van der Waals surface area (Å²) in [6.45, 7) is 1.86. The molecule has 1 amide bonds. The van der Waals surface area contributed by atoms with Gasteiger partial charge < -0.3 is 9.26 Å². The fourth-order valence-electron chi connectivity index (χ4n) is 2.12. The Balaban J connectivity index is 1.58. The molecule has 1 heterocycles. The van der Waals surface area contributed by atoms with E-state index in [1.54, 1.807) is 12.1 Å². The normalized spacial score (nSPS) is 10.4. The predicted molar refractivity (Wildman–Crippen MR) is 94.9 cm³/mol. The van der Waals surface area contributed by atoms with Gasteiger partial charge in [0, 0.05) is 16.1 Å². The minimum atomic E-state index is -0.310. The third kappa shape index (κ3) is 4.23. The number of amides is 1. The Hall–Kier alpha value is -2.60. The summed E-state index contributed by atoms with van der Waals surface area (Å²) in [6, 6.07) is 16.8. The van der Waals surface area contributed by atoms with Crippen LogP contribution < -0.4 is 10.1 Å². The van der Waals surface area contributed by atoms with Gasteiger partial charge in [-0.05, 0) is 36.8 Å². The number of benzene rings is 2. The highest BCUT2D eigenvalue weighted by Gasteiger charge is 2.10. The zero-order valence-corrected chi connectivity index (χ0v) is 14.5. The summed E-state index contributed by atoms with van der Waals surface area (Å²) in [5, 5.41) is 6.58. The van der Waals surface area contributed by atoms with Crippen molar-refractivity contribution in [3.8, 4) is 17.0 Å². The Morgan fingerprint density at radius 3 is 2.75 bits per heavy atom. The molecule has 0 fully saturated rings. The first-order valence-electron chi connectivity index (χ1n) is 7.32. The molecule has 0 aliphatic rings. The van der Waals surface area contributed by atoms with Crippen LogP contribution in [0.2, 0.25) is 0 Å². The van der Waals surface area contributed by atoms with Gasteiger partial charge in [-0.2, -0.15) is 0 Å². The van der Waals surface area contributed by atoms with Gasteiger partial charge >= 0.3 is 0 Å². The number of nitrogens with one attached hydrogen (secondary N) is 1. The van der Waals surface area contributed by atoms with Gasteiger partial charge in [0.25, 0.3) is 5.91 Å². The molecule has 2 aromatic carbocycles. The Labute approximate surface area is 147 Å². The lowest BCUT2D eigenvalue weighted by atomic mass is 10.1. The van der Waals surface area contributed by atoms with Crippen molar-refractivity contribution in [3.63, 3.8) is 0 Å². The van der Waals surface area contributed by atoms with Crippen molar-refractivity contribution in [2.75, 3.05) is 11.9 Å². The average Bonchev–Trinajstić information content (AvgIpc) is 3.02. The van der Waals surface area contributed by atoms with Gasteiger partial charge in [0.2, 0.25) is 5.88 Å². The SMILES string of the molecule is Cc1cccc(OCC(=O)Nc2cc(-c3ccc(Br)cc3)no2)c1. The van der Waals surface area contributed by atoms with Crippen molar-refractivity contribution in [2.45, 2.75) is 6.92 Å². The molecule has 0 saturated carbocycles. The van der Waals surface area contributed by atoms with E-state index in [9.17, 15) is 4.79 Å². The molecule has 0 bridgehead atoms. The maximum absolute atomic E-state index is 11.9. The molecule has 0 aliphatic carbocycles. The average molecular weight is 387 g/mol. The second kappa shape index (κ2) is 7.31. The summed E-state index contributed by atoms with van der Waals surface area (Å²) in [7, 11) is 0. The Bertz CT molecular complexity index is 843. The standard InChI is InChI=1S/C18H15BrN2O3/c1-12-3-2-4-15(9-12)23-11-17(22)20-18-10-16(21-24-18)13-5-7-14(19)8-6-13/h2-10H,11H2,1H3,(H,20,22). The third-order valence-corrected chi connectivity index (χ3v) is 3.80. The van der Waals surface area contributed by atoms with E-state index >= 15 is 0 Å². The molecule has 1 N–H and O–H groups in total. The lowest BCUT2D eigenvalue weighted by molar-refractivity contribution is -0.118. The van der Waals surface area contributed by atoms with Crippen LogP contribution in [0.25, 0.3) is 11.3 Å². The van der Waals surface area contributed by atoms with Gasteiger partial charge in [0.05, 0.1) is 0 Å². The molecular formula is C18H15BrN2O3. The van der Waals surface area contributed by atoms with Crippen LogP contribution in [0.4, 0.5) is 5.88 Å². The van der Waals surface area contributed by atoms with Crippen LogP contribution in [-0.2, 0) is 4.79 Å². The predicted octanol–water partition coefficient (Wildman–Crippen LogP) is 4.43. The molecule has 0 radical (unpaired) electrons. The molecule has 0 atom stereocenters. The van der Waals surface area contributed by atoms with E-state index in [1.165, 1.54) is 0 Å². The summed E-state index contributed by atoms with van der Waals surface area (Å²) in [4.78, 5) is 11.9. The van der Waals surface area contributed by atoms with Gasteiger partial charge in [-0.25, -0.2) is 0 Å². The number of hydrogen-bond acceptors (Lipinski definition) is 4. The smallest absolute Gasteiger partial charge is 0.264 e. The number of nitrogens with zero attached hydrogens (tertiary/aromatic N) is 1. The molecular weight excluding hydrogens is 372 g/mol. The molecule has 1 aromatic heterocycles. The summed E-state index contributed by atoms with van der Waals surface area (Å²) < 4.78 is 11.6. The number of carbonyl (C=O) groups excluding carboxylic acids is 1. The van der Waals surface area contributed by atoms with Crippen molar-refractivity contribution in [1.82, 2.24) is 5.16 Å². The number of aromatic nitrogens is 1. The zero-order chi connectivity index (χ0) is 16.9. The van der Waals surface area contributed by atoms with E-state index in [-0.39, 0.29) is 18.4 Å². The Kier molecular flexibility index (Phi) is 4.96. The number of rotatable bonds is 5. The van der Waals surface area contributed by atoms with Crippen LogP contribution in [0.3, 0.4) is 0 Å². The van der Waals surface area contributed by atoms with Crippen molar-refractivity contribution in [2.24, 2.45) is 0 Å². The van der Waals surface area contributed by atoms with E-state index in [4.69, 9.17) is 9.26 Å². The number of hydrogen-bond donors (Lipinski definition) is 1. The van der Waals surface area contributed by atoms with Gasteiger partial charge in [-0.1, -0.05) is 45.4 Å². The van der Waals surface area contributed by atoms with Crippen LogP contribution in [0.5, 0.6) is 5.75 Å². The molecule has 0 aliphatic heterocycles. The summed E-state index contributed by atoms with van der Waals surface area (Å²) in [5.74, 6) is 0.624. The molecule has 0 unspecified atom stereocenters. The van der Waals surface area contributed by atoms with Gasteiger partial charge in [-0.15, -0.1) is 0 Å². The fourth-order valence-corrected chi connectivity index (χ4v) is 2.38. The minimum absolute atomic E-state index is 0.0994. The second-order valence-corrected chi connectivity index (χ2v) is 6.15. The highest BCUT2D eigenvalue weighted by Crippen LogP contribution is 2.23. The van der Waals surface area contributed by atoms with Gasteiger partial charge in [-0.3, -0.25) is 10.1 Å². The molecule has 5 nitrogen and oxygen atoms in total. The van der Waals surface area contributed by atoms with E-state index in [2.05, 4.69) is 26.4 Å². The Morgan fingerprint density at radius 1 is 1.21 bits per heavy atom. The van der Waals surface area contributed by atoms with E-state index < -0.39 is 0 Å². The summed E-state index contributed by atoms with van der Waals surface area (Å²) >= 11 is 3.38. The number of carbonyl (C=O) groups is 1. The van der Waals surface area contributed by atoms with E-state index in [1.807, 2.05) is 49.4 Å². The summed E-state index contributed by atoms with van der Waals surface area (Å²) in [6.07, 6.45) is 0. The van der Waals surface area contributed by atoms with Crippen LogP contribution in [0.1, 0.15) is 5.56 Å². The quantitative estimate of drug-likeness (QED) is 0.704. The molecule has 0 spiro atoms. The second-order valence-electron chi connectivity index (χ2n) is 5.24. The zero-order valence-electron chi connectivity index (χ0n) is 13.0. The lowest BCUT2D eigenvalue weighted by Crippen LogP contribution is -2.19. The first-order chi connectivity index (χ1) is 11.6. The first-order valence-corrected chi connectivity index (χ1v) is 8.11. The van der Waals surface area contributed by atoms with Crippen LogP contribution in [0, 0.1) is 6.92 Å². The maximum Gasteiger partial charge on any atom is 0.264 e. The van der Waals surface area contributed by atoms with Gasteiger partial charge in [0.15, 0.2) is 6.61 Å². The molecule has 122 valence electrons. The van der Waals surface area contributed by atoms with Gasteiger partial charge in [0.1, 0.15) is 11.4 Å². The van der Waals surface area contributed by atoms with Crippen molar-refractivity contribution in [3.05, 3.63) is 64.6 Å². The lowest BCUT2D eigenvalue weighted by Gasteiger charge is -2.05. The monoisotopic (exact) mass is 386 g/mol. The number of anilines is 1. The van der Waals surface area contributed by atoms with E-state index in [0.717, 1.165) is 15.6 Å².